The second kappa shape index (κ2) is 10.5. The summed E-state index contributed by atoms with van der Waals surface area (Å²) < 4.78 is 40.9. The Hall–Kier alpha value is -3.36. The summed E-state index contributed by atoms with van der Waals surface area (Å²) in [5.41, 5.74) is -0.0324. The normalized spacial score (nSPS) is 14.8. The Morgan fingerprint density at radius 3 is 1.97 bits per heavy atom. The number of piperazine rings is 1. The largest absolute Gasteiger partial charge is 0.340 e. The summed E-state index contributed by atoms with van der Waals surface area (Å²) in [6, 6.07) is 7.85. The van der Waals surface area contributed by atoms with Gasteiger partial charge in [0.1, 0.15) is 29.1 Å². The molecule has 0 aromatic heterocycles. The summed E-state index contributed by atoms with van der Waals surface area (Å²) in [6.07, 6.45) is 0.132. The molecule has 33 heavy (non-hydrogen) atoms. The maximum absolute atomic E-state index is 14.0. The van der Waals surface area contributed by atoms with Crippen LogP contribution >= 0.6 is 0 Å². The third-order valence-corrected chi connectivity index (χ3v) is 5.62. The summed E-state index contributed by atoms with van der Waals surface area (Å²) in [7, 11) is 0. The highest BCUT2D eigenvalue weighted by Crippen LogP contribution is 2.15. The van der Waals surface area contributed by atoms with Crippen LogP contribution in [0.4, 0.5) is 13.2 Å². The van der Waals surface area contributed by atoms with Gasteiger partial charge < -0.3 is 15.1 Å². The van der Waals surface area contributed by atoms with Crippen molar-refractivity contribution in [2.75, 3.05) is 26.2 Å². The second-order valence-corrected chi connectivity index (χ2v) is 8.30. The van der Waals surface area contributed by atoms with E-state index in [9.17, 15) is 27.6 Å². The van der Waals surface area contributed by atoms with E-state index in [1.165, 1.54) is 17.0 Å². The average molecular weight is 461 g/mol. The monoisotopic (exact) mass is 461 g/mol. The van der Waals surface area contributed by atoms with Crippen LogP contribution in [0.3, 0.4) is 0 Å². The molecule has 0 unspecified atom stereocenters. The van der Waals surface area contributed by atoms with Gasteiger partial charge in [-0.3, -0.25) is 14.4 Å². The van der Waals surface area contributed by atoms with Crippen LogP contribution in [-0.4, -0.2) is 59.7 Å². The molecule has 6 nitrogen and oxygen atoms in total. The van der Waals surface area contributed by atoms with Gasteiger partial charge >= 0.3 is 0 Å². The summed E-state index contributed by atoms with van der Waals surface area (Å²) >= 11 is 0. The van der Waals surface area contributed by atoms with E-state index in [1.54, 1.807) is 30.9 Å². The lowest BCUT2D eigenvalue weighted by molar-refractivity contribution is -0.141. The van der Waals surface area contributed by atoms with Crippen molar-refractivity contribution in [3.8, 4) is 0 Å². The lowest BCUT2D eigenvalue weighted by atomic mass is 10.0. The van der Waals surface area contributed by atoms with E-state index in [1.807, 2.05) is 0 Å². The van der Waals surface area contributed by atoms with Crippen LogP contribution in [0.25, 0.3) is 0 Å². The van der Waals surface area contributed by atoms with E-state index >= 15 is 0 Å². The molecule has 3 rings (SSSR count). The highest BCUT2D eigenvalue weighted by atomic mass is 19.1. The summed E-state index contributed by atoms with van der Waals surface area (Å²) in [6.45, 7) is 4.60. The third kappa shape index (κ3) is 5.91. The van der Waals surface area contributed by atoms with E-state index in [4.69, 9.17) is 0 Å². The topological polar surface area (TPSA) is 69.7 Å². The van der Waals surface area contributed by atoms with Gasteiger partial charge in [-0.25, -0.2) is 13.2 Å². The first-order chi connectivity index (χ1) is 15.7. The third-order valence-electron chi connectivity index (χ3n) is 5.62. The zero-order chi connectivity index (χ0) is 24.1. The standard InChI is InChI=1S/C24H26F3N3O3/c1-15(2)22(28-23(32)21-18(26)4-3-5-19(21)27)24(33)30-12-10-29(11-13-30)20(31)14-16-6-8-17(25)9-7-16/h3-9,15,22H,10-14H2,1-2H3,(H,28,32)/t22-/m0/s1. The smallest absolute Gasteiger partial charge is 0.257 e. The van der Waals surface area contributed by atoms with Crippen LogP contribution in [0.5, 0.6) is 0 Å². The highest BCUT2D eigenvalue weighted by Gasteiger charge is 2.32. The predicted octanol–water partition coefficient (Wildman–Crippen LogP) is 2.77. The molecule has 0 saturated carbocycles. The number of benzene rings is 2. The maximum atomic E-state index is 14.0. The van der Waals surface area contributed by atoms with Gasteiger partial charge in [-0.05, 0) is 35.7 Å². The van der Waals surface area contributed by atoms with Gasteiger partial charge in [-0.1, -0.05) is 32.0 Å². The number of nitrogens with one attached hydrogen (secondary N) is 1. The Morgan fingerprint density at radius 2 is 1.42 bits per heavy atom. The minimum atomic E-state index is -1.00. The number of halogens is 3. The zero-order valence-corrected chi connectivity index (χ0v) is 18.5. The molecule has 2 aromatic rings. The first-order valence-electron chi connectivity index (χ1n) is 10.7. The Labute approximate surface area is 190 Å². The molecule has 1 aliphatic heterocycles. The van der Waals surface area contributed by atoms with Crippen LogP contribution < -0.4 is 5.32 Å². The predicted molar refractivity (Wildman–Crippen MR) is 116 cm³/mol. The van der Waals surface area contributed by atoms with Gasteiger partial charge in [-0.2, -0.15) is 0 Å². The average Bonchev–Trinajstić information content (AvgIpc) is 2.78. The Morgan fingerprint density at radius 1 is 0.879 bits per heavy atom. The molecular weight excluding hydrogens is 435 g/mol. The van der Waals surface area contributed by atoms with Gasteiger partial charge in [0.25, 0.3) is 5.91 Å². The van der Waals surface area contributed by atoms with Crippen LogP contribution in [0.1, 0.15) is 29.8 Å². The molecule has 176 valence electrons. The Balaban J connectivity index is 1.59. The van der Waals surface area contributed by atoms with Crippen LogP contribution in [0.2, 0.25) is 0 Å². The number of hydrogen-bond acceptors (Lipinski definition) is 3. The molecule has 1 heterocycles. The number of carbonyl (C=O) groups excluding carboxylic acids is 3. The SMILES string of the molecule is CC(C)[C@H](NC(=O)c1c(F)cccc1F)C(=O)N1CCN(C(=O)Cc2ccc(F)cc2)CC1. The summed E-state index contributed by atoms with van der Waals surface area (Å²) in [4.78, 5) is 41.2. The summed E-state index contributed by atoms with van der Waals surface area (Å²) in [5, 5.41) is 2.46. The van der Waals surface area contributed by atoms with E-state index in [0.717, 1.165) is 18.2 Å². The van der Waals surface area contributed by atoms with E-state index in [2.05, 4.69) is 5.32 Å². The fourth-order valence-corrected chi connectivity index (χ4v) is 3.70. The second-order valence-electron chi connectivity index (χ2n) is 8.30. The quantitative estimate of drug-likeness (QED) is 0.719. The van der Waals surface area contributed by atoms with E-state index in [-0.39, 0.29) is 43.1 Å². The molecule has 1 fully saturated rings. The van der Waals surface area contributed by atoms with Crippen molar-refractivity contribution in [1.82, 2.24) is 15.1 Å². The molecule has 0 spiro atoms. The van der Waals surface area contributed by atoms with Gasteiger partial charge in [0.05, 0.1) is 6.42 Å². The van der Waals surface area contributed by atoms with Crippen molar-refractivity contribution in [2.24, 2.45) is 5.92 Å². The number of hydrogen-bond donors (Lipinski definition) is 1. The molecule has 1 N–H and O–H groups in total. The molecular formula is C24H26F3N3O3. The number of rotatable bonds is 6. The first-order valence-corrected chi connectivity index (χ1v) is 10.7. The van der Waals surface area contributed by atoms with Crippen molar-refractivity contribution < 1.29 is 27.6 Å². The minimum absolute atomic E-state index is 0.127. The zero-order valence-electron chi connectivity index (χ0n) is 18.5. The number of amides is 3. The Bertz CT molecular complexity index is 999. The van der Waals surface area contributed by atoms with Gasteiger partial charge in [0, 0.05) is 26.2 Å². The van der Waals surface area contributed by atoms with Crippen molar-refractivity contribution in [1.29, 1.82) is 0 Å². The lowest BCUT2D eigenvalue weighted by Crippen LogP contribution is -2.57. The first kappa shape index (κ1) is 24.3. The lowest BCUT2D eigenvalue weighted by Gasteiger charge is -2.37. The van der Waals surface area contributed by atoms with Crippen molar-refractivity contribution in [2.45, 2.75) is 26.3 Å². The van der Waals surface area contributed by atoms with Gasteiger partial charge in [-0.15, -0.1) is 0 Å². The van der Waals surface area contributed by atoms with Crippen molar-refractivity contribution in [3.05, 3.63) is 71.0 Å². The van der Waals surface area contributed by atoms with Gasteiger partial charge in [0.2, 0.25) is 11.8 Å². The molecule has 2 aromatic carbocycles. The van der Waals surface area contributed by atoms with E-state index in [0.29, 0.717) is 18.7 Å². The van der Waals surface area contributed by atoms with Crippen molar-refractivity contribution in [3.63, 3.8) is 0 Å². The number of carbonyl (C=O) groups is 3. The van der Waals surface area contributed by atoms with Crippen LogP contribution in [0, 0.1) is 23.4 Å². The molecule has 0 bridgehead atoms. The molecule has 9 heteroatoms. The molecule has 0 radical (unpaired) electrons. The fourth-order valence-electron chi connectivity index (χ4n) is 3.70. The molecule has 1 aliphatic rings. The molecule has 3 amide bonds. The van der Waals surface area contributed by atoms with E-state index < -0.39 is 29.1 Å². The summed E-state index contributed by atoms with van der Waals surface area (Å²) in [5.74, 6) is -4.20. The van der Waals surface area contributed by atoms with Crippen LogP contribution in [-0.2, 0) is 16.0 Å². The molecule has 1 saturated heterocycles. The molecule has 0 aliphatic carbocycles. The Kier molecular flexibility index (Phi) is 7.73. The van der Waals surface area contributed by atoms with Crippen LogP contribution in [0.15, 0.2) is 42.5 Å². The fraction of sp³-hybridized carbons (Fsp3) is 0.375. The maximum Gasteiger partial charge on any atom is 0.257 e. The highest BCUT2D eigenvalue weighted by molar-refractivity contribution is 5.98. The number of nitrogens with zero attached hydrogens (tertiary/aromatic N) is 2. The minimum Gasteiger partial charge on any atom is -0.340 e. The van der Waals surface area contributed by atoms with Gasteiger partial charge in [0.15, 0.2) is 0 Å². The van der Waals surface area contributed by atoms with Crippen molar-refractivity contribution >= 4 is 17.7 Å². The molecule has 1 atom stereocenters.